The Bertz CT molecular complexity index is 953. The molecule has 0 spiro atoms. The molecule has 0 aromatic heterocycles. The molecule has 33 heavy (non-hydrogen) atoms. The van der Waals surface area contributed by atoms with Gasteiger partial charge in [-0.2, -0.15) is 0 Å². The number of urea groups is 1. The van der Waals surface area contributed by atoms with Gasteiger partial charge in [0.15, 0.2) is 5.78 Å². The van der Waals surface area contributed by atoms with Crippen molar-refractivity contribution in [2.24, 2.45) is 11.8 Å². The topological polar surface area (TPSA) is 61.4 Å². The summed E-state index contributed by atoms with van der Waals surface area (Å²) in [5.41, 5.74) is 2.42. The molecule has 3 atom stereocenters. The SMILES string of the molecule is CC(=O)c1cccc(NC(=O)NCCCN2C[C@H]3CC[C@@H]2[C@H](Cc2ccc(F)cc2)C3)c1.Cl. The van der Waals surface area contributed by atoms with E-state index in [0.717, 1.165) is 31.8 Å². The maximum Gasteiger partial charge on any atom is 0.319 e. The highest BCUT2D eigenvalue weighted by atomic mass is 35.5. The van der Waals surface area contributed by atoms with Crippen molar-refractivity contribution < 1.29 is 14.0 Å². The first-order valence-electron chi connectivity index (χ1n) is 11.6. The fraction of sp³-hybridized carbons (Fsp3) is 0.462. The Morgan fingerprint density at radius 2 is 1.91 bits per heavy atom. The second-order valence-corrected chi connectivity index (χ2v) is 9.20. The molecule has 2 amide bonds. The predicted molar refractivity (Wildman–Crippen MR) is 132 cm³/mol. The molecule has 3 aliphatic rings. The monoisotopic (exact) mass is 473 g/mol. The zero-order valence-corrected chi connectivity index (χ0v) is 19.9. The van der Waals surface area contributed by atoms with Gasteiger partial charge in [0.1, 0.15) is 5.82 Å². The van der Waals surface area contributed by atoms with Gasteiger partial charge in [0.25, 0.3) is 0 Å². The molecule has 2 N–H and O–H groups in total. The summed E-state index contributed by atoms with van der Waals surface area (Å²) >= 11 is 0. The molecule has 2 heterocycles. The van der Waals surface area contributed by atoms with Gasteiger partial charge in [-0.15, -0.1) is 12.4 Å². The van der Waals surface area contributed by atoms with Gasteiger partial charge in [0, 0.05) is 36.9 Å². The number of piperidine rings is 2. The molecule has 2 bridgehead atoms. The van der Waals surface area contributed by atoms with Crippen LogP contribution >= 0.6 is 12.4 Å². The minimum Gasteiger partial charge on any atom is -0.338 e. The van der Waals surface area contributed by atoms with E-state index in [0.29, 0.717) is 29.8 Å². The highest BCUT2D eigenvalue weighted by Gasteiger charge is 2.40. The van der Waals surface area contributed by atoms with Crippen molar-refractivity contribution in [2.45, 2.75) is 45.1 Å². The maximum absolute atomic E-state index is 13.2. The van der Waals surface area contributed by atoms with Crippen molar-refractivity contribution in [2.75, 3.05) is 25.0 Å². The summed E-state index contributed by atoms with van der Waals surface area (Å²) in [7, 11) is 0. The number of rotatable bonds is 8. The first kappa shape index (κ1) is 25.2. The number of fused-ring (bicyclic) bond motifs is 3. The highest BCUT2D eigenvalue weighted by Crippen LogP contribution is 2.40. The van der Waals surface area contributed by atoms with Gasteiger partial charge >= 0.3 is 6.03 Å². The lowest BCUT2D eigenvalue weighted by atomic mass is 9.70. The van der Waals surface area contributed by atoms with Crippen LogP contribution < -0.4 is 10.6 Å². The zero-order chi connectivity index (χ0) is 22.5. The normalized spacial score (nSPS) is 21.8. The van der Waals surface area contributed by atoms with Gasteiger partial charge in [-0.25, -0.2) is 9.18 Å². The smallest absolute Gasteiger partial charge is 0.319 e. The van der Waals surface area contributed by atoms with Gasteiger partial charge in [0.2, 0.25) is 0 Å². The van der Waals surface area contributed by atoms with Crippen LogP contribution in [0.2, 0.25) is 0 Å². The summed E-state index contributed by atoms with van der Waals surface area (Å²) in [4.78, 5) is 26.3. The molecule has 5 nitrogen and oxygen atoms in total. The van der Waals surface area contributed by atoms with Crippen LogP contribution in [0.15, 0.2) is 48.5 Å². The van der Waals surface area contributed by atoms with E-state index in [9.17, 15) is 14.0 Å². The number of hydrogen-bond acceptors (Lipinski definition) is 3. The van der Waals surface area contributed by atoms with E-state index in [1.165, 1.54) is 31.7 Å². The fourth-order valence-corrected chi connectivity index (χ4v) is 5.33. The number of ketones is 1. The molecular weight excluding hydrogens is 441 g/mol. The standard InChI is InChI=1S/C26H32FN3O2.ClH/c1-18(31)21-4-2-5-24(16-21)29-26(32)28-12-3-13-30-17-20-8-11-25(30)22(15-20)14-19-6-9-23(27)10-7-19;/h2,4-7,9-10,16,20,22,25H,3,8,11-15,17H2,1H3,(H2,28,29,32);1H/t20-,22+,25+;/m0./s1. The number of nitrogens with zero attached hydrogens (tertiary/aromatic N) is 1. The molecule has 5 rings (SSSR count). The van der Waals surface area contributed by atoms with Gasteiger partial charge in [-0.1, -0.05) is 24.3 Å². The molecule has 1 aliphatic carbocycles. The molecule has 3 fully saturated rings. The molecule has 0 radical (unpaired) electrons. The minimum absolute atomic E-state index is 0. The number of carbonyl (C=O) groups is 2. The molecule has 0 unspecified atom stereocenters. The van der Waals surface area contributed by atoms with Gasteiger partial charge in [-0.3, -0.25) is 9.69 Å². The minimum atomic E-state index is -0.250. The van der Waals surface area contributed by atoms with E-state index in [2.05, 4.69) is 15.5 Å². The number of carbonyl (C=O) groups excluding carboxylic acids is 2. The van der Waals surface area contributed by atoms with E-state index in [1.807, 2.05) is 12.1 Å². The summed E-state index contributed by atoms with van der Waals surface area (Å²) in [5.74, 6) is 1.17. The van der Waals surface area contributed by atoms with Gasteiger partial charge in [-0.05, 0) is 80.7 Å². The van der Waals surface area contributed by atoms with Crippen LogP contribution in [0.5, 0.6) is 0 Å². The Morgan fingerprint density at radius 3 is 2.64 bits per heavy atom. The van der Waals surface area contributed by atoms with Crippen LogP contribution in [0.1, 0.15) is 48.5 Å². The first-order chi connectivity index (χ1) is 15.5. The number of halogens is 2. The van der Waals surface area contributed by atoms with E-state index in [4.69, 9.17) is 0 Å². The van der Waals surface area contributed by atoms with Crippen LogP contribution in [-0.4, -0.2) is 42.4 Å². The first-order valence-corrected chi connectivity index (χ1v) is 11.6. The fourth-order valence-electron chi connectivity index (χ4n) is 5.33. The molecule has 2 saturated heterocycles. The Morgan fingerprint density at radius 1 is 1.12 bits per heavy atom. The molecule has 178 valence electrons. The van der Waals surface area contributed by atoms with Crippen LogP contribution in [0, 0.1) is 17.7 Å². The van der Waals surface area contributed by atoms with Crippen LogP contribution in [0.4, 0.5) is 14.9 Å². The Labute approximate surface area is 201 Å². The summed E-state index contributed by atoms with van der Waals surface area (Å²) in [6, 6.07) is 14.2. The third kappa shape index (κ3) is 6.78. The number of nitrogens with one attached hydrogen (secondary N) is 2. The van der Waals surface area contributed by atoms with Crippen LogP contribution in [-0.2, 0) is 6.42 Å². The number of hydrogen-bond donors (Lipinski definition) is 2. The largest absolute Gasteiger partial charge is 0.338 e. The molecule has 2 aromatic carbocycles. The lowest BCUT2D eigenvalue weighted by Crippen LogP contribution is -2.54. The van der Waals surface area contributed by atoms with E-state index in [-0.39, 0.29) is 30.0 Å². The van der Waals surface area contributed by atoms with Crippen molar-refractivity contribution in [1.29, 1.82) is 0 Å². The third-order valence-corrected chi connectivity index (χ3v) is 6.86. The predicted octanol–water partition coefficient (Wildman–Crippen LogP) is 5.30. The van der Waals surface area contributed by atoms with E-state index in [1.54, 1.807) is 36.4 Å². The maximum atomic E-state index is 13.2. The van der Waals surface area contributed by atoms with Crippen molar-refractivity contribution in [3.63, 3.8) is 0 Å². The second kappa shape index (κ2) is 11.6. The number of anilines is 1. The van der Waals surface area contributed by atoms with Crippen LogP contribution in [0.25, 0.3) is 0 Å². The van der Waals surface area contributed by atoms with Crippen LogP contribution in [0.3, 0.4) is 0 Å². The van der Waals surface area contributed by atoms with Crippen molar-refractivity contribution in [3.8, 4) is 0 Å². The van der Waals surface area contributed by atoms with Crippen molar-refractivity contribution >= 4 is 29.9 Å². The molecule has 1 saturated carbocycles. The van der Waals surface area contributed by atoms with E-state index < -0.39 is 0 Å². The Kier molecular flexibility index (Phi) is 8.87. The molecular formula is C26H33ClFN3O2. The highest BCUT2D eigenvalue weighted by molar-refractivity contribution is 5.96. The average Bonchev–Trinajstić information content (AvgIpc) is 2.79. The lowest BCUT2D eigenvalue weighted by Gasteiger charge is -2.50. The molecule has 2 aromatic rings. The second-order valence-electron chi connectivity index (χ2n) is 9.20. The Balaban J connectivity index is 0.00000306. The summed E-state index contributed by atoms with van der Waals surface area (Å²) in [6.45, 7) is 4.24. The zero-order valence-electron chi connectivity index (χ0n) is 19.1. The lowest BCUT2D eigenvalue weighted by molar-refractivity contribution is 0.000976. The molecule has 2 aliphatic heterocycles. The Hall–Kier alpha value is -2.44. The average molecular weight is 474 g/mol. The van der Waals surface area contributed by atoms with E-state index >= 15 is 0 Å². The number of benzene rings is 2. The summed E-state index contributed by atoms with van der Waals surface area (Å²) in [6.07, 6.45) is 5.71. The van der Waals surface area contributed by atoms with Crippen molar-refractivity contribution in [3.05, 3.63) is 65.5 Å². The van der Waals surface area contributed by atoms with Gasteiger partial charge < -0.3 is 10.6 Å². The number of Topliss-reactive ketones (excluding diaryl/α,β-unsaturated/α-hetero) is 1. The van der Waals surface area contributed by atoms with Gasteiger partial charge in [0.05, 0.1) is 0 Å². The summed E-state index contributed by atoms with van der Waals surface area (Å²) < 4.78 is 13.2. The molecule has 7 heteroatoms. The number of amides is 2. The third-order valence-electron chi connectivity index (χ3n) is 6.86. The summed E-state index contributed by atoms with van der Waals surface area (Å²) in [5, 5.41) is 5.72. The quantitative estimate of drug-likeness (QED) is 0.403. The van der Waals surface area contributed by atoms with Crippen molar-refractivity contribution in [1.82, 2.24) is 10.2 Å².